The molecule has 1 saturated heterocycles. The van der Waals surface area contributed by atoms with Crippen molar-refractivity contribution < 1.29 is 9.59 Å². The molecular weight excluding hydrogens is 342 g/mol. The van der Waals surface area contributed by atoms with E-state index in [1.807, 2.05) is 36.4 Å². The molecule has 2 amide bonds. The van der Waals surface area contributed by atoms with Crippen molar-refractivity contribution in [1.82, 2.24) is 25.2 Å². The van der Waals surface area contributed by atoms with Gasteiger partial charge >= 0.3 is 0 Å². The highest BCUT2D eigenvalue weighted by Gasteiger charge is 2.34. The van der Waals surface area contributed by atoms with Gasteiger partial charge in [0.2, 0.25) is 11.8 Å². The summed E-state index contributed by atoms with van der Waals surface area (Å²) in [7, 11) is 0. The van der Waals surface area contributed by atoms with E-state index in [9.17, 15) is 9.59 Å². The van der Waals surface area contributed by atoms with E-state index in [-0.39, 0.29) is 24.2 Å². The van der Waals surface area contributed by atoms with E-state index < -0.39 is 0 Å². The van der Waals surface area contributed by atoms with Gasteiger partial charge < -0.3 is 15.2 Å². The zero-order chi connectivity index (χ0) is 18.6. The molecule has 138 valence electrons. The molecule has 1 aliphatic rings. The molecule has 4 rings (SSSR count). The first-order valence-electron chi connectivity index (χ1n) is 9.07. The van der Waals surface area contributed by atoms with E-state index in [2.05, 4.69) is 20.3 Å². The van der Waals surface area contributed by atoms with Crippen molar-refractivity contribution in [2.24, 2.45) is 5.92 Å². The Hall–Kier alpha value is -3.22. The Kier molecular flexibility index (Phi) is 4.82. The van der Waals surface area contributed by atoms with E-state index in [0.29, 0.717) is 26.1 Å². The van der Waals surface area contributed by atoms with Gasteiger partial charge in [0.05, 0.1) is 17.0 Å². The Balaban J connectivity index is 1.27. The molecule has 0 saturated carbocycles. The van der Waals surface area contributed by atoms with Crippen molar-refractivity contribution in [2.45, 2.75) is 19.4 Å². The highest BCUT2D eigenvalue weighted by molar-refractivity contribution is 5.89. The lowest BCUT2D eigenvalue weighted by atomic mass is 10.1. The fourth-order valence-corrected chi connectivity index (χ4v) is 3.38. The van der Waals surface area contributed by atoms with E-state index in [1.54, 1.807) is 17.3 Å². The molecule has 1 aromatic carbocycles. The maximum atomic E-state index is 12.4. The third-order valence-electron chi connectivity index (χ3n) is 4.81. The van der Waals surface area contributed by atoms with Gasteiger partial charge in [0.25, 0.3) is 0 Å². The minimum Gasteiger partial charge on any atom is -0.355 e. The van der Waals surface area contributed by atoms with Gasteiger partial charge in [-0.1, -0.05) is 12.1 Å². The summed E-state index contributed by atoms with van der Waals surface area (Å²) in [5, 5.41) is 2.93. The number of carbonyl (C=O) groups is 2. The second-order valence-electron chi connectivity index (χ2n) is 6.77. The van der Waals surface area contributed by atoms with Gasteiger partial charge in [-0.3, -0.25) is 14.6 Å². The van der Waals surface area contributed by atoms with Gasteiger partial charge in [-0.05, 0) is 29.8 Å². The topological polar surface area (TPSA) is 91.0 Å². The quantitative estimate of drug-likeness (QED) is 0.697. The number of benzene rings is 1. The van der Waals surface area contributed by atoms with Gasteiger partial charge in [-0.2, -0.15) is 0 Å². The van der Waals surface area contributed by atoms with Crippen LogP contribution in [0.3, 0.4) is 0 Å². The minimum absolute atomic E-state index is 0.0178. The maximum Gasteiger partial charge on any atom is 0.225 e. The standard InChI is InChI=1S/C20H21N5O2/c26-19-11-15(13-25(19)12-14-5-8-21-9-6-14)20(27)22-10-7-18-23-16-3-1-2-4-17(16)24-18/h1-6,8-9,15H,7,10-13H2,(H,22,27)(H,23,24). The lowest BCUT2D eigenvalue weighted by molar-refractivity contribution is -0.129. The molecule has 7 nitrogen and oxygen atoms in total. The number of hydrogen-bond donors (Lipinski definition) is 2. The van der Waals surface area contributed by atoms with Crippen LogP contribution in [0.15, 0.2) is 48.8 Å². The van der Waals surface area contributed by atoms with E-state index in [1.165, 1.54) is 0 Å². The summed E-state index contributed by atoms with van der Waals surface area (Å²) in [6.07, 6.45) is 4.31. The highest BCUT2D eigenvalue weighted by Crippen LogP contribution is 2.20. The average molecular weight is 363 g/mol. The predicted molar refractivity (Wildman–Crippen MR) is 101 cm³/mol. The monoisotopic (exact) mass is 363 g/mol. The van der Waals surface area contributed by atoms with Crippen LogP contribution in [0, 0.1) is 5.92 Å². The van der Waals surface area contributed by atoms with Crippen molar-refractivity contribution >= 4 is 22.8 Å². The summed E-state index contributed by atoms with van der Waals surface area (Å²) < 4.78 is 0. The first-order valence-corrected chi connectivity index (χ1v) is 9.07. The summed E-state index contributed by atoms with van der Waals surface area (Å²) in [5.41, 5.74) is 2.93. The summed E-state index contributed by atoms with van der Waals surface area (Å²) in [4.78, 5) is 38.1. The zero-order valence-electron chi connectivity index (χ0n) is 14.9. The Morgan fingerprint density at radius 1 is 1.22 bits per heavy atom. The third kappa shape index (κ3) is 3.97. The number of nitrogens with one attached hydrogen (secondary N) is 2. The molecule has 1 unspecified atom stereocenters. The second-order valence-corrected chi connectivity index (χ2v) is 6.77. The molecule has 1 fully saturated rings. The Bertz CT molecular complexity index is 920. The Morgan fingerprint density at radius 2 is 2.04 bits per heavy atom. The molecule has 1 aliphatic heterocycles. The largest absolute Gasteiger partial charge is 0.355 e. The number of likely N-dealkylation sites (tertiary alicyclic amines) is 1. The highest BCUT2D eigenvalue weighted by atomic mass is 16.2. The third-order valence-corrected chi connectivity index (χ3v) is 4.81. The Morgan fingerprint density at radius 3 is 2.85 bits per heavy atom. The van der Waals surface area contributed by atoms with Crippen molar-refractivity contribution in [1.29, 1.82) is 0 Å². The average Bonchev–Trinajstić information content (AvgIpc) is 3.26. The van der Waals surface area contributed by atoms with Gasteiger partial charge in [-0.25, -0.2) is 4.98 Å². The van der Waals surface area contributed by atoms with E-state index in [0.717, 1.165) is 22.4 Å². The predicted octanol–water partition coefficient (Wildman–Crippen LogP) is 1.67. The normalized spacial score (nSPS) is 16.8. The smallest absolute Gasteiger partial charge is 0.225 e. The molecule has 0 spiro atoms. The number of H-pyrrole nitrogens is 1. The molecule has 0 aliphatic carbocycles. The van der Waals surface area contributed by atoms with Crippen LogP contribution in [0.2, 0.25) is 0 Å². The zero-order valence-corrected chi connectivity index (χ0v) is 14.9. The molecule has 3 aromatic rings. The van der Waals surface area contributed by atoms with E-state index >= 15 is 0 Å². The summed E-state index contributed by atoms with van der Waals surface area (Å²) >= 11 is 0. The number of imidazole rings is 1. The SMILES string of the molecule is O=C(NCCc1nc2ccccc2[nH]1)C1CC(=O)N(Cc2ccncc2)C1. The number of carbonyl (C=O) groups excluding carboxylic acids is 2. The molecule has 27 heavy (non-hydrogen) atoms. The maximum absolute atomic E-state index is 12.4. The first-order chi connectivity index (χ1) is 13.2. The number of hydrogen-bond acceptors (Lipinski definition) is 4. The number of pyridine rings is 1. The summed E-state index contributed by atoms with van der Waals surface area (Å²) in [5.74, 6) is 0.495. The molecule has 1 atom stereocenters. The van der Waals surface area contributed by atoms with Crippen molar-refractivity contribution in [2.75, 3.05) is 13.1 Å². The minimum atomic E-state index is -0.296. The molecular formula is C20H21N5O2. The molecule has 7 heteroatoms. The van der Waals surface area contributed by atoms with Crippen LogP contribution in [-0.2, 0) is 22.6 Å². The van der Waals surface area contributed by atoms with Crippen molar-refractivity contribution in [3.05, 3.63) is 60.2 Å². The summed E-state index contributed by atoms with van der Waals surface area (Å²) in [6.45, 7) is 1.47. The van der Waals surface area contributed by atoms with Crippen LogP contribution in [0.25, 0.3) is 11.0 Å². The lowest BCUT2D eigenvalue weighted by Crippen LogP contribution is -2.34. The van der Waals surface area contributed by atoms with Gasteiger partial charge in [0.15, 0.2) is 0 Å². The lowest BCUT2D eigenvalue weighted by Gasteiger charge is -2.16. The number of aromatic nitrogens is 3. The van der Waals surface area contributed by atoms with Crippen LogP contribution in [0.1, 0.15) is 17.8 Å². The van der Waals surface area contributed by atoms with Crippen LogP contribution in [0.4, 0.5) is 0 Å². The number of aromatic amines is 1. The molecule has 2 aromatic heterocycles. The molecule has 0 bridgehead atoms. The molecule has 3 heterocycles. The van der Waals surface area contributed by atoms with E-state index in [4.69, 9.17) is 0 Å². The van der Waals surface area contributed by atoms with Crippen LogP contribution in [-0.4, -0.2) is 44.8 Å². The second kappa shape index (κ2) is 7.57. The van der Waals surface area contributed by atoms with Crippen LogP contribution in [0.5, 0.6) is 0 Å². The van der Waals surface area contributed by atoms with Crippen molar-refractivity contribution in [3.8, 4) is 0 Å². The van der Waals surface area contributed by atoms with Gasteiger partial charge in [0, 0.05) is 44.9 Å². The Labute approximate surface area is 156 Å². The van der Waals surface area contributed by atoms with Crippen LogP contribution >= 0.6 is 0 Å². The van der Waals surface area contributed by atoms with Gasteiger partial charge in [-0.15, -0.1) is 0 Å². The number of rotatable bonds is 6. The first kappa shape index (κ1) is 17.2. The molecule has 0 radical (unpaired) electrons. The van der Waals surface area contributed by atoms with Gasteiger partial charge in [0.1, 0.15) is 5.82 Å². The fraction of sp³-hybridized carbons (Fsp3) is 0.300. The number of amides is 2. The number of fused-ring (bicyclic) bond motifs is 1. The van der Waals surface area contributed by atoms with Crippen LogP contribution < -0.4 is 5.32 Å². The summed E-state index contributed by atoms with van der Waals surface area (Å²) in [6, 6.07) is 11.6. The number of nitrogens with zero attached hydrogens (tertiary/aromatic N) is 3. The fourth-order valence-electron chi connectivity index (χ4n) is 3.38. The van der Waals surface area contributed by atoms with Crippen molar-refractivity contribution in [3.63, 3.8) is 0 Å². The molecule has 2 N–H and O–H groups in total. The number of para-hydroxylation sites is 2.